The lowest BCUT2D eigenvalue weighted by Crippen LogP contribution is -2.14. The smallest absolute Gasteiger partial charge is 0.226 e. The third-order valence-electron chi connectivity index (χ3n) is 4.64. The molecular weight excluding hydrogens is 346 g/mol. The Morgan fingerprint density at radius 3 is 2.88 bits per heavy atom. The van der Waals surface area contributed by atoms with E-state index in [1.165, 1.54) is 29.4 Å². The number of amides is 2. The van der Waals surface area contributed by atoms with Crippen molar-refractivity contribution >= 4 is 44.2 Å². The number of benzene rings is 2. The normalized spacial score (nSPS) is 15.7. The molecule has 132 valence electrons. The molecule has 5 nitrogen and oxygen atoms in total. The molecule has 1 unspecified atom stereocenters. The Kier molecular flexibility index (Phi) is 4.42. The third-order valence-corrected chi connectivity index (χ3v) is 5.58. The summed E-state index contributed by atoms with van der Waals surface area (Å²) in [5.41, 5.74) is 4.20. The Morgan fingerprint density at radius 2 is 2.04 bits per heavy atom. The van der Waals surface area contributed by atoms with E-state index in [4.69, 9.17) is 0 Å². The highest BCUT2D eigenvalue weighted by atomic mass is 32.1. The molecule has 2 amide bonds. The second-order valence-corrected chi connectivity index (χ2v) is 7.60. The van der Waals surface area contributed by atoms with Crippen LogP contribution in [0.2, 0.25) is 0 Å². The summed E-state index contributed by atoms with van der Waals surface area (Å²) in [6.07, 6.45) is 2.54. The average molecular weight is 365 g/mol. The summed E-state index contributed by atoms with van der Waals surface area (Å²) in [5, 5.41) is 6.28. The number of nitrogens with one attached hydrogen (secondary N) is 2. The number of carbonyl (C=O) groups excluding carboxylic acids is 2. The second-order valence-electron chi connectivity index (χ2n) is 6.57. The maximum Gasteiger partial charge on any atom is 0.226 e. The zero-order chi connectivity index (χ0) is 18.1. The Balaban J connectivity index is 1.45. The van der Waals surface area contributed by atoms with E-state index >= 15 is 0 Å². The average Bonchev–Trinajstić information content (AvgIpc) is 3.18. The first kappa shape index (κ1) is 16.7. The van der Waals surface area contributed by atoms with Crippen molar-refractivity contribution < 1.29 is 9.59 Å². The van der Waals surface area contributed by atoms with Crippen molar-refractivity contribution in [3.63, 3.8) is 0 Å². The predicted molar refractivity (Wildman–Crippen MR) is 105 cm³/mol. The fraction of sp³-hybridized carbons (Fsp3) is 0.250. The summed E-state index contributed by atoms with van der Waals surface area (Å²) in [7, 11) is 0. The lowest BCUT2D eigenvalue weighted by molar-refractivity contribution is -0.116. The SMILES string of the molecule is CC(=O)Nc1ccc2nc(NC(=O)CC3CCc4ccccc43)sc2c1. The van der Waals surface area contributed by atoms with E-state index in [0.717, 1.165) is 28.7 Å². The Morgan fingerprint density at radius 1 is 1.19 bits per heavy atom. The monoisotopic (exact) mass is 365 g/mol. The summed E-state index contributed by atoms with van der Waals surface area (Å²) in [6.45, 7) is 1.48. The van der Waals surface area contributed by atoms with Crippen molar-refractivity contribution in [2.75, 3.05) is 10.6 Å². The van der Waals surface area contributed by atoms with Gasteiger partial charge >= 0.3 is 0 Å². The number of thiazole rings is 1. The fourth-order valence-electron chi connectivity index (χ4n) is 3.51. The van der Waals surface area contributed by atoms with E-state index in [1.807, 2.05) is 24.3 Å². The standard InChI is InChI=1S/C20H19N3O2S/c1-12(24)21-15-8-9-17-18(11-15)26-20(22-17)23-19(25)10-14-7-6-13-4-2-3-5-16(13)14/h2-5,8-9,11,14H,6-7,10H2,1H3,(H,21,24)(H,22,23,25). The zero-order valence-corrected chi connectivity index (χ0v) is 15.2. The Bertz CT molecular complexity index is 996. The van der Waals surface area contributed by atoms with Gasteiger partial charge in [-0.3, -0.25) is 9.59 Å². The topological polar surface area (TPSA) is 71.1 Å². The van der Waals surface area contributed by atoms with Crippen LogP contribution in [0.3, 0.4) is 0 Å². The molecule has 1 aliphatic rings. The van der Waals surface area contributed by atoms with Crippen molar-refractivity contribution in [1.29, 1.82) is 0 Å². The molecule has 2 aromatic carbocycles. The Hall–Kier alpha value is -2.73. The van der Waals surface area contributed by atoms with E-state index < -0.39 is 0 Å². The molecule has 0 aliphatic heterocycles. The first-order valence-corrected chi connectivity index (χ1v) is 9.46. The summed E-state index contributed by atoms with van der Waals surface area (Å²) in [5.74, 6) is 0.166. The molecule has 1 heterocycles. The molecule has 3 aromatic rings. The molecule has 0 fully saturated rings. The van der Waals surface area contributed by atoms with E-state index in [9.17, 15) is 9.59 Å². The van der Waals surface area contributed by atoms with Crippen LogP contribution >= 0.6 is 11.3 Å². The summed E-state index contributed by atoms with van der Waals surface area (Å²) >= 11 is 1.42. The molecule has 0 bridgehead atoms. The van der Waals surface area contributed by atoms with Crippen molar-refractivity contribution in [3.8, 4) is 0 Å². The van der Waals surface area contributed by atoms with Gasteiger partial charge in [0.25, 0.3) is 0 Å². The number of fused-ring (bicyclic) bond motifs is 2. The van der Waals surface area contributed by atoms with Crippen molar-refractivity contribution in [1.82, 2.24) is 4.98 Å². The number of hydrogen-bond donors (Lipinski definition) is 2. The molecule has 26 heavy (non-hydrogen) atoms. The molecule has 0 saturated carbocycles. The number of anilines is 2. The van der Waals surface area contributed by atoms with Gasteiger partial charge in [0.05, 0.1) is 10.2 Å². The van der Waals surface area contributed by atoms with Crippen molar-refractivity contribution in [2.24, 2.45) is 0 Å². The highest BCUT2D eigenvalue weighted by molar-refractivity contribution is 7.22. The highest BCUT2D eigenvalue weighted by Gasteiger charge is 2.24. The molecule has 0 saturated heterocycles. The predicted octanol–water partition coefficient (Wildman–Crippen LogP) is 4.31. The molecule has 4 rings (SSSR count). The minimum absolute atomic E-state index is 0.00663. The van der Waals surface area contributed by atoms with Gasteiger partial charge in [-0.1, -0.05) is 35.6 Å². The van der Waals surface area contributed by atoms with Gasteiger partial charge in [-0.05, 0) is 48.1 Å². The number of hydrogen-bond acceptors (Lipinski definition) is 4. The van der Waals surface area contributed by atoms with Gasteiger partial charge in [0.2, 0.25) is 11.8 Å². The van der Waals surface area contributed by atoms with Crippen LogP contribution in [0.5, 0.6) is 0 Å². The maximum atomic E-state index is 12.5. The highest BCUT2D eigenvalue weighted by Crippen LogP contribution is 2.36. The maximum absolute atomic E-state index is 12.5. The third kappa shape index (κ3) is 3.46. The van der Waals surface area contributed by atoms with Crippen LogP contribution in [0.25, 0.3) is 10.2 Å². The van der Waals surface area contributed by atoms with Crippen LogP contribution in [-0.4, -0.2) is 16.8 Å². The molecule has 1 aliphatic carbocycles. The van der Waals surface area contributed by atoms with Crippen LogP contribution in [0, 0.1) is 0 Å². The fourth-order valence-corrected chi connectivity index (χ4v) is 4.43. The second kappa shape index (κ2) is 6.88. The van der Waals surface area contributed by atoms with Gasteiger partial charge in [0.15, 0.2) is 5.13 Å². The number of aromatic nitrogens is 1. The molecule has 1 aromatic heterocycles. The largest absolute Gasteiger partial charge is 0.326 e. The van der Waals surface area contributed by atoms with Crippen LogP contribution in [-0.2, 0) is 16.0 Å². The summed E-state index contributed by atoms with van der Waals surface area (Å²) in [4.78, 5) is 28.1. The van der Waals surface area contributed by atoms with Gasteiger partial charge < -0.3 is 10.6 Å². The Labute approximate surface area is 155 Å². The van der Waals surface area contributed by atoms with Crippen LogP contribution < -0.4 is 10.6 Å². The summed E-state index contributed by atoms with van der Waals surface area (Å²) < 4.78 is 0.928. The molecule has 0 radical (unpaired) electrons. The number of carbonyl (C=O) groups is 2. The van der Waals surface area contributed by atoms with Gasteiger partial charge in [-0.15, -0.1) is 0 Å². The molecule has 1 atom stereocenters. The minimum Gasteiger partial charge on any atom is -0.326 e. The zero-order valence-electron chi connectivity index (χ0n) is 14.4. The number of rotatable bonds is 4. The van der Waals surface area contributed by atoms with Gasteiger partial charge in [-0.2, -0.15) is 0 Å². The van der Waals surface area contributed by atoms with E-state index in [0.29, 0.717) is 11.6 Å². The molecular formula is C20H19N3O2S. The minimum atomic E-state index is -0.112. The van der Waals surface area contributed by atoms with Gasteiger partial charge in [-0.25, -0.2) is 4.98 Å². The van der Waals surface area contributed by atoms with E-state index in [2.05, 4.69) is 33.8 Å². The van der Waals surface area contributed by atoms with Gasteiger partial charge in [0, 0.05) is 19.0 Å². The van der Waals surface area contributed by atoms with Gasteiger partial charge in [0.1, 0.15) is 0 Å². The lowest BCUT2D eigenvalue weighted by Gasteiger charge is -2.10. The van der Waals surface area contributed by atoms with Crippen LogP contribution in [0.15, 0.2) is 42.5 Å². The molecule has 6 heteroatoms. The number of aryl methyl sites for hydroxylation is 1. The quantitative estimate of drug-likeness (QED) is 0.723. The summed E-state index contributed by atoms with van der Waals surface area (Å²) in [6, 6.07) is 13.9. The molecule has 0 spiro atoms. The first-order chi connectivity index (χ1) is 12.6. The van der Waals surface area contributed by atoms with E-state index in [1.54, 1.807) is 0 Å². The van der Waals surface area contributed by atoms with Crippen molar-refractivity contribution in [2.45, 2.75) is 32.1 Å². The lowest BCUT2D eigenvalue weighted by atomic mass is 9.97. The number of nitrogens with zero attached hydrogens (tertiary/aromatic N) is 1. The first-order valence-electron chi connectivity index (χ1n) is 8.64. The molecule has 2 N–H and O–H groups in total. The van der Waals surface area contributed by atoms with Crippen LogP contribution in [0.4, 0.5) is 10.8 Å². The van der Waals surface area contributed by atoms with E-state index in [-0.39, 0.29) is 17.7 Å². The van der Waals surface area contributed by atoms with Crippen molar-refractivity contribution in [3.05, 3.63) is 53.6 Å². The van der Waals surface area contributed by atoms with Crippen LogP contribution in [0.1, 0.15) is 36.8 Å².